The van der Waals surface area contributed by atoms with Crippen molar-refractivity contribution in [3.8, 4) is 5.88 Å². The lowest BCUT2D eigenvalue weighted by molar-refractivity contribution is 0.0771. The number of aromatic nitrogens is 2. The summed E-state index contributed by atoms with van der Waals surface area (Å²) in [6.07, 6.45) is 2.37. The number of carbonyl (C=O) groups is 1. The van der Waals surface area contributed by atoms with E-state index in [0.29, 0.717) is 24.5 Å². The van der Waals surface area contributed by atoms with Gasteiger partial charge < -0.3 is 19.3 Å². The standard InChI is InChI=1S/C19H22N4O3/c24-19(15-3-5-16(6-4-15)22-10-12-25-13-11-22)23-9-7-17(14-23)26-18-2-1-8-20-21-18/h1-6,8,17H,7,9-14H2. The fourth-order valence-corrected chi connectivity index (χ4v) is 3.35. The van der Waals surface area contributed by atoms with Crippen molar-refractivity contribution in [3.63, 3.8) is 0 Å². The second-order valence-corrected chi connectivity index (χ2v) is 6.49. The van der Waals surface area contributed by atoms with E-state index in [2.05, 4.69) is 15.1 Å². The number of amides is 1. The first-order valence-corrected chi connectivity index (χ1v) is 8.96. The van der Waals surface area contributed by atoms with Gasteiger partial charge in [0.25, 0.3) is 5.91 Å². The Labute approximate surface area is 152 Å². The van der Waals surface area contributed by atoms with Gasteiger partial charge in [-0.05, 0) is 30.3 Å². The predicted molar refractivity (Wildman–Crippen MR) is 96.4 cm³/mol. The molecule has 1 unspecified atom stereocenters. The van der Waals surface area contributed by atoms with Crippen LogP contribution in [0.15, 0.2) is 42.6 Å². The molecule has 0 saturated carbocycles. The van der Waals surface area contributed by atoms with Crippen molar-refractivity contribution in [2.45, 2.75) is 12.5 Å². The number of carbonyl (C=O) groups excluding carboxylic acids is 1. The lowest BCUT2D eigenvalue weighted by Gasteiger charge is -2.29. The third-order valence-corrected chi connectivity index (χ3v) is 4.76. The summed E-state index contributed by atoms with van der Waals surface area (Å²) in [6, 6.07) is 11.4. The van der Waals surface area contributed by atoms with Crippen molar-refractivity contribution < 1.29 is 14.3 Å². The van der Waals surface area contributed by atoms with Crippen LogP contribution in [0.3, 0.4) is 0 Å². The fourth-order valence-electron chi connectivity index (χ4n) is 3.35. The van der Waals surface area contributed by atoms with Gasteiger partial charge in [-0.25, -0.2) is 0 Å². The summed E-state index contributed by atoms with van der Waals surface area (Å²) in [5.74, 6) is 0.547. The number of ether oxygens (including phenoxy) is 2. The highest BCUT2D eigenvalue weighted by Gasteiger charge is 2.28. The van der Waals surface area contributed by atoms with E-state index in [0.717, 1.165) is 38.4 Å². The van der Waals surface area contributed by atoms with Crippen LogP contribution in [0.4, 0.5) is 5.69 Å². The van der Waals surface area contributed by atoms with Crippen LogP contribution in [-0.4, -0.2) is 66.5 Å². The zero-order chi connectivity index (χ0) is 17.8. The summed E-state index contributed by atoms with van der Waals surface area (Å²) in [5, 5.41) is 7.74. The Hall–Kier alpha value is -2.67. The van der Waals surface area contributed by atoms with Crippen LogP contribution < -0.4 is 9.64 Å². The molecule has 0 bridgehead atoms. The summed E-state index contributed by atoms with van der Waals surface area (Å²) in [5.41, 5.74) is 1.84. The van der Waals surface area contributed by atoms with E-state index in [1.165, 1.54) is 0 Å². The smallest absolute Gasteiger partial charge is 0.253 e. The second-order valence-electron chi connectivity index (χ2n) is 6.49. The highest BCUT2D eigenvalue weighted by Crippen LogP contribution is 2.21. The van der Waals surface area contributed by atoms with Gasteiger partial charge in [-0.2, -0.15) is 5.10 Å². The Balaban J connectivity index is 1.35. The minimum Gasteiger partial charge on any atom is -0.471 e. The van der Waals surface area contributed by atoms with Crippen molar-refractivity contribution in [1.29, 1.82) is 0 Å². The molecule has 136 valence electrons. The number of nitrogens with zero attached hydrogens (tertiary/aromatic N) is 4. The molecule has 0 spiro atoms. The molecule has 1 aromatic carbocycles. The van der Waals surface area contributed by atoms with Gasteiger partial charge >= 0.3 is 0 Å². The molecule has 4 rings (SSSR count). The molecule has 7 nitrogen and oxygen atoms in total. The maximum atomic E-state index is 12.7. The van der Waals surface area contributed by atoms with E-state index in [-0.39, 0.29) is 12.0 Å². The zero-order valence-corrected chi connectivity index (χ0v) is 14.6. The van der Waals surface area contributed by atoms with Gasteiger partial charge in [0, 0.05) is 49.6 Å². The average Bonchev–Trinajstić information content (AvgIpc) is 3.17. The van der Waals surface area contributed by atoms with E-state index < -0.39 is 0 Å². The number of morpholine rings is 1. The number of benzene rings is 1. The molecule has 2 aliphatic rings. The van der Waals surface area contributed by atoms with E-state index in [1.807, 2.05) is 29.2 Å². The zero-order valence-electron chi connectivity index (χ0n) is 14.6. The molecule has 0 radical (unpaired) electrons. The highest BCUT2D eigenvalue weighted by molar-refractivity contribution is 5.94. The molecule has 1 aromatic heterocycles. The minimum atomic E-state index is -0.0386. The maximum absolute atomic E-state index is 12.7. The van der Waals surface area contributed by atoms with Gasteiger partial charge in [0.2, 0.25) is 5.88 Å². The number of anilines is 1. The Morgan fingerprint density at radius 3 is 2.65 bits per heavy atom. The average molecular weight is 354 g/mol. The number of hydrogen-bond donors (Lipinski definition) is 0. The van der Waals surface area contributed by atoms with Gasteiger partial charge in [0.05, 0.1) is 19.8 Å². The molecular weight excluding hydrogens is 332 g/mol. The van der Waals surface area contributed by atoms with Crippen LogP contribution in [0.1, 0.15) is 16.8 Å². The highest BCUT2D eigenvalue weighted by atomic mass is 16.5. The van der Waals surface area contributed by atoms with Crippen LogP contribution in [-0.2, 0) is 4.74 Å². The van der Waals surface area contributed by atoms with E-state index >= 15 is 0 Å². The number of rotatable bonds is 4. The van der Waals surface area contributed by atoms with Crippen LogP contribution in [0.5, 0.6) is 5.88 Å². The van der Waals surface area contributed by atoms with Crippen LogP contribution in [0.2, 0.25) is 0 Å². The molecule has 2 aliphatic heterocycles. The lowest BCUT2D eigenvalue weighted by atomic mass is 10.1. The fraction of sp³-hybridized carbons (Fsp3) is 0.421. The predicted octanol–water partition coefficient (Wildman–Crippen LogP) is 1.61. The molecule has 0 aliphatic carbocycles. The van der Waals surface area contributed by atoms with Crippen LogP contribution in [0, 0.1) is 0 Å². The van der Waals surface area contributed by atoms with Crippen LogP contribution in [0.25, 0.3) is 0 Å². The summed E-state index contributed by atoms with van der Waals surface area (Å²) >= 11 is 0. The second kappa shape index (κ2) is 7.70. The van der Waals surface area contributed by atoms with E-state index in [9.17, 15) is 4.79 Å². The van der Waals surface area contributed by atoms with E-state index in [1.54, 1.807) is 18.3 Å². The van der Waals surface area contributed by atoms with Crippen molar-refractivity contribution in [3.05, 3.63) is 48.2 Å². The number of hydrogen-bond acceptors (Lipinski definition) is 6. The first kappa shape index (κ1) is 16.8. The van der Waals surface area contributed by atoms with Crippen molar-refractivity contribution >= 4 is 11.6 Å². The first-order valence-electron chi connectivity index (χ1n) is 8.96. The van der Waals surface area contributed by atoms with Gasteiger partial charge in [0.1, 0.15) is 6.10 Å². The number of likely N-dealkylation sites (tertiary alicyclic amines) is 1. The Morgan fingerprint density at radius 2 is 1.92 bits per heavy atom. The first-order chi connectivity index (χ1) is 12.8. The summed E-state index contributed by atoms with van der Waals surface area (Å²) in [6.45, 7) is 4.54. The molecule has 7 heteroatoms. The molecule has 1 amide bonds. The largest absolute Gasteiger partial charge is 0.471 e. The Morgan fingerprint density at radius 1 is 1.12 bits per heavy atom. The third-order valence-electron chi connectivity index (χ3n) is 4.76. The topological polar surface area (TPSA) is 67.8 Å². The van der Waals surface area contributed by atoms with Gasteiger partial charge in [-0.1, -0.05) is 0 Å². The lowest BCUT2D eigenvalue weighted by Crippen LogP contribution is -2.36. The molecule has 2 saturated heterocycles. The van der Waals surface area contributed by atoms with Gasteiger partial charge in [-0.3, -0.25) is 4.79 Å². The SMILES string of the molecule is O=C(c1ccc(N2CCOCC2)cc1)N1CCC(Oc2cccnn2)C1. The molecule has 1 atom stereocenters. The Bertz CT molecular complexity index is 732. The van der Waals surface area contributed by atoms with Gasteiger partial charge in [0.15, 0.2) is 0 Å². The summed E-state index contributed by atoms with van der Waals surface area (Å²) in [7, 11) is 0. The van der Waals surface area contributed by atoms with Crippen LogP contribution >= 0.6 is 0 Å². The quantitative estimate of drug-likeness (QED) is 0.831. The Kier molecular flexibility index (Phi) is 4.97. The summed E-state index contributed by atoms with van der Waals surface area (Å²) < 4.78 is 11.2. The third kappa shape index (κ3) is 3.77. The summed E-state index contributed by atoms with van der Waals surface area (Å²) in [4.78, 5) is 16.9. The minimum absolute atomic E-state index is 0.0386. The van der Waals surface area contributed by atoms with E-state index in [4.69, 9.17) is 9.47 Å². The molecule has 3 heterocycles. The van der Waals surface area contributed by atoms with Gasteiger partial charge in [-0.15, -0.1) is 5.10 Å². The normalized spacial score (nSPS) is 20.2. The molecule has 26 heavy (non-hydrogen) atoms. The molecule has 2 aromatic rings. The van der Waals surface area contributed by atoms with Crippen molar-refractivity contribution in [1.82, 2.24) is 15.1 Å². The van der Waals surface area contributed by atoms with Crippen molar-refractivity contribution in [2.75, 3.05) is 44.3 Å². The van der Waals surface area contributed by atoms with Crippen molar-refractivity contribution in [2.24, 2.45) is 0 Å². The molecule has 0 N–H and O–H groups in total. The molecular formula is C19H22N4O3. The maximum Gasteiger partial charge on any atom is 0.253 e. The monoisotopic (exact) mass is 354 g/mol. The molecule has 2 fully saturated rings.